The van der Waals surface area contributed by atoms with Gasteiger partial charge in [0.05, 0.1) is 12.5 Å². The van der Waals surface area contributed by atoms with E-state index in [9.17, 15) is 9.59 Å². The molecule has 0 atom stereocenters. The van der Waals surface area contributed by atoms with E-state index in [2.05, 4.69) is 10.3 Å². The van der Waals surface area contributed by atoms with E-state index in [0.29, 0.717) is 15.6 Å². The summed E-state index contributed by atoms with van der Waals surface area (Å²) in [5.74, 6) is -0.242. The van der Waals surface area contributed by atoms with Gasteiger partial charge < -0.3 is 14.5 Å². The van der Waals surface area contributed by atoms with Gasteiger partial charge in [-0.05, 0) is 32.9 Å². The molecule has 0 bridgehead atoms. The van der Waals surface area contributed by atoms with Gasteiger partial charge in [-0.1, -0.05) is 0 Å². The molecule has 0 aliphatic carbocycles. The highest BCUT2D eigenvalue weighted by Gasteiger charge is 2.18. The normalized spacial score (nSPS) is 11.2. The Morgan fingerprint density at radius 1 is 1.43 bits per heavy atom. The summed E-state index contributed by atoms with van der Waals surface area (Å²) in [5, 5.41) is 3.12. The van der Waals surface area contributed by atoms with Crippen LogP contribution in [0.15, 0.2) is 29.0 Å². The van der Waals surface area contributed by atoms with Crippen LogP contribution in [0.3, 0.4) is 0 Å². The quantitative estimate of drug-likeness (QED) is 0.878. The van der Waals surface area contributed by atoms with Crippen LogP contribution in [-0.4, -0.2) is 29.0 Å². The molecule has 2 rings (SSSR count). The Bertz CT molecular complexity index is 626. The van der Waals surface area contributed by atoms with Crippen LogP contribution in [0.2, 0.25) is 0 Å². The monoisotopic (exact) mass is 308 g/mol. The number of nitrogens with one attached hydrogen (secondary N) is 1. The molecule has 2 aromatic heterocycles. The first kappa shape index (κ1) is 15.2. The molecule has 0 saturated carbocycles. The molecule has 0 aliphatic heterocycles. The fraction of sp³-hybridized carbons (Fsp3) is 0.357. The molecule has 0 spiro atoms. The van der Waals surface area contributed by atoms with Crippen molar-refractivity contribution >= 4 is 23.2 Å². The third-order valence-corrected chi connectivity index (χ3v) is 3.29. The highest BCUT2D eigenvalue weighted by molar-refractivity contribution is 7.16. The molecule has 1 amide bonds. The number of rotatable bonds is 4. The number of aromatic nitrogens is 1. The van der Waals surface area contributed by atoms with Gasteiger partial charge in [-0.15, -0.1) is 11.3 Å². The van der Waals surface area contributed by atoms with E-state index in [1.165, 1.54) is 17.5 Å². The number of ether oxygens (including phenoxy) is 1. The maximum atomic E-state index is 11.9. The Balaban J connectivity index is 1.91. The van der Waals surface area contributed by atoms with Gasteiger partial charge in [0.1, 0.15) is 17.0 Å². The second-order valence-corrected chi connectivity index (χ2v) is 6.31. The number of furan rings is 1. The van der Waals surface area contributed by atoms with Crippen molar-refractivity contribution in [2.24, 2.45) is 0 Å². The Hall–Kier alpha value is -2.15. The van der Waals surface area contributed by atoms with Crippen LogP contribution in [-0.2, 0) is 9.53 Å². The molecule has 0 aliphatic rings. The van der Waals surface area contributed by atoms with Crippen molar-refractivity contribution in [1.29, 1.82) is 0 Å². The van der Waals surface area contributed by atoms with Crippen LogP contribution in [0.1, 0.15) is 30.4 Å². The van der Waals surface area contributed by atoms with Crippen LogP contribution in [0.25, 0.3) is 10.8 Å². The van der Waals surface area contributed by atoms with Gasteiger partial charge in [-0.25, -0.2) is 4.98 Å². The van der Waals surface area contributed by atoms with Gasteiger partial charge in [0, 0.05) is 0 Å². The predicted molar refractivity (Wildman–Crippen MR) is 78.0 cm³/mol. The number of carbonyl (C=O) groups is 2. The molecule has 112 valence electrons. The molecule has 0 fully saturated rings. The van der Waals surface area contributed by atoms with Crippen molar-refractivity contribution in [3.63, 3.8) is 0 Å². The number of carbonyl (C=O) groups excluding carboxylic acids is 2. The molecule has 0 unspecified atom stereocenters. The minimum Gasteiger partial charge on any atom is -0.462 e. The van der Waals surface area contributed by atoms with Gasteiger partial charge in [-0.3, -0.25) is 9.59 Å². The first-order chi connectivity index (χ1) is 9.85. The zero-order chi connectivity index (χ0) is 15.5. The van der Waals surface area contributed by atoms with Crippen LogP contribution in [0, 0.1) is 0 Å². The molecule has 2 heterocycles. The standard InChI is InChI=1S/C14H16N2O4S/c1-14(2,3)20-11(17)8-15-12(18)10-7-16-13(21-10)9-5-4-6-19-9/h4-7H,8H2,1-3H3,(H,15,18). The van der Waals surface area contributed by atoms with Crippen LogP contribution < -0.4 is 5.32 Å². The molecule has 0 radical (unpaired) electrons. The lowest BCUT2D eigenvalue weighted by Gasteiger charge is -2.19. The van der Waals surface area contributed by atoms with E-state index < -0.39 is 11.6 Å². The van der Waals surface area contributed by atoms with Gasteiger partial charge in [0.25, 0.3) is 5.91 Å². The molecule has 2 aromatic rings. The zero-order valence-electron chi connectivity index (χ0n) is 12.0. The highest BCUT2D eigenvalue weighted by atomic mass is 32.1. The smallest absolute Gasteiger partial charge is 0.325 e. The van der Waals surface area contributed by atoms with Crippen LogP contribution in [0.4, 0.5) is 0 Å². The predicted octanol–water partition coefficient (Wildman–Crippen LogP) is 2.47. The third-order valence-electron chi connectivity index (χ3n) is 2.27. The number of nitrogens with zero attached hydrogens (tertiary/aromatic N) is 1. The van der Waals surface area contributed by atoms with Crippen LogP contribution >= 0.6 is 11.3 Å². The molecule has 21 heavy (non-hydrogen) atoms. The summed E-state index contributed by atoms with van der Waals surface area (Å²) in [6, 6.07) is 3.51. The first-order valence-corrected chi connectivity index (χ1v) is 7.16. The Morgan fingerprint density at radius 3 is 2.81 bits per heavy atom. The van der Waals surface area contributed by atoms with Crippen molar-refractivity contribution in [3.05, 3.63) is 29.5 Å². The van der Waals surface area contributed by atoms with Crippen molar-refractivity contribution in [2.75, 3.05) is 6.54 Å². The SMILES string of the molecule is CC(C)(C)OC(=O)CNC(=O)c1cnc(-c2ccco2)s1. The number of hydrogen-bond donors (Lipinski definition) is 1. The summed E-state index contributed by atoms with van der Waals surface area (Å²) in [7, 11) is 0. The fourth-order valence-electron chi connectivity index (χ4n) is 1.51. The van der Waals surface area contributed by atoms with Crippen molar-refractivity contribution in [2.45, 2.75) is 26.4 Å². The third kappa shape index (κ3) is 4.42. The lowest BCUT2D eigenvalue weighted by molar-refractivity contribution is -0.153. The van der Waals surface area contributed by atoms with Crippen molar-refractivity contribution in [1.82, 2.24) is 10.3 Å². The second-order valence-electron chi connectivity index (χ2n) is 5.28. The van der Waals surface area contributed by atoms with E-state index in [1.807, 2.05) is 0 Å². The molecule has 6 nitrogen and oxygen atoms in total. The summed E-state index contributed by atoms with van der Waals surface area (Å²) in [4.78, 5) is 28.0. The highest BCUT2D eigenvalue weighted by Crippen LogP contribution is 2.25. The average molecular weight is 308 g/mol. The molecule has 0 saturated heterocycles. The summed E-state index contributed by atoms with van der Waals surface area (Å²) in [6.07, 6.45) is 2.99. The Kier molecular flexibility index (Phi) is 4.42. The second kappa shape index (κ2) is 6.09. The van der Waals surface area contributed by atoms with Gasteiger partial charge in [0.15, 0.2) is 10.8 Å². The van der Waals surface area contributed by atoms with Gasteiger partial charge >= 0.3 is 5.97 Å². The lowest BCUT2D eigenvalue weighted by atomic mass is 10.2. The largest absolute Gasteiger partial charge is 0.462 e. The summed E-state index contributed by atoms with van der Waals surface area (Å²) < 4.78 is 10.3. The van der Waals surface area contributed by atoms with Gasteiger partial charge in [0.2, 0.25) is 0 Å². The van der Waals surface area contributed by atoms with E-state index >= 15 is 0 Å². The van der Waals surface area contributed by atoms with Crippen LogP contribution in [0.5, 0.6) is 0 Å². The summed E-state index contributed by atoms with van der Waals surface area (Å²) >= 11 is 1.19. The summed E-state index contributed by atoms with van der Waals surface area (Å²) in [5.41, 5.74) is -0.571. The first-order valence-electron chi connectivity index (χ1n) is 6.35. The average Bonchev–Trinajstić information content (AvgIpc) is 3.03. The molecule has 0 aromatic carbocycles. The van der Waals surface area contributed by atoms with E-state index in [4.69, 9.17) is 9.15 Å². The Labute approximate surface area is 126 Å². The molecule has 7 heteroatoms. The van der Waals surface area contributed by atoms with Crippen molar-refractivity contribution in [3.8, 4) is 10.8 Å². The Morgan fingerprint density at radius 2 is 2.19 bits per heavy atom. The lowest BCUT2D eigenvalue weighted by Crippen LogP contribution is -2.34. The maximum Gasteiger partial charge on any atom is 0.325 e. The molecular weight excluding hydrogens is 292 g/mol. The summed E-state index contributed by atoms with van der Waals surface area (Å²) in [6.45, 7) is 5.13. The zero-order valence-corrected chi connectivity index (χ0v) is 12.8. The number of esters is 1. The van der Waals surface area contributed by atoms with E-state index in [0.717, 1.165) is 0 Å². The number of thiazole rings is 1. The van der Waals surface area contributed by atoms with E-state index in [-0.39, 0.29) is 12.5 Å². The van der Waals surface area contributed by atoms with E-state index in [1.54, 1.807) is 39.2 Å². The van der Waals surface area contributed by atoms with Crippen molar-refractivity contribution < 1.29 is 18.7 Å². The van der Waals surface area contributed by atoms with Gasteiger partial charge in [-0.2, -0.15) is 0 Å². The minimum absolute atomic E-state index is 0.176. The fourth-order valence-corrected chi connectivity index (χ4v) is 2.31. The maximum absolute atomic E-state index is 11.9. The minimum atomic E-state index is -0.571. The molecule has 1 N–H and O–H groups in total. The number of hydrogen-bond acceptors (Lipinski definition) is 6. The topological polar surface area (TPSA) is 81.4 Å². The number of amides is 1. The molecular formula is C14H16N2O4S.